The third-order valence-electron chi connectivity index (χ3n) is 4.36. The molecule has 1 aliphatic heterocycles. The Morgan fingerprint density at radius 3 is 2.72 bits per heavy atom. The van der Waals surface area contributed by atoms with Crippen molar-refractivity contribution in [3.63, 3.8) is 0 Å². The number of hydrogen-bond acceptors (Lipinski definition) is 5. The maximum absolute atomic E-state index is 12.9. The number of benzene rings is 1. The minimum Gasteiger partial charge on any atom is -0.379 e. The summed E-state index contributed by atoms with van der Waals surface area (Å²) in [4.78, 5) is 18.9. The van der Waals surface area contributed by atoms with Gasteiger partial charge in [0.25, 0.3) is 11.6 Å². The number of aryl methyl sites for hydroxylation is 2. The lowest BCUT2D eigenvalue weighted by Gasteiger charge is -2.40. The molecule has 0 saturated carbocycles. The van der Waals surface area contributed by atoms with Crippen LogP contribution in [0.25, 0.3) is 11.1 Å². The number of carbonyl (C=O) groups excluding carboxylic acids is 1. The van der Waals surface area contributed by atoms with Crippen molar-refractivity contribution in [2.45, 2.75) is 19.9 Å². The van der Waals surface area contributed by atoms with Crippen LogP contribution in [0.5, 0.6) is 0 Å². The zero-order valence-electron chi connectivity index (χ0n) is 13.9. The van der Waals surface area contributed by atoms with Crippen molar-refractivity contribution in [3.05, 3.63) is 53.1 Å². The van der Waals surface area contributed by atoms with Crippen LogP contribution < -0.4 is 5.32 Å². The normalized spacial score (nSPS) is 14.6. The fourth-order valence-corrected chi connectivity index (χ4v) is 3.07. The molecule has 4 rings (SSSR count). The summed E-state index contributed by atoms with van der Waals surface area (Å²) < 4.78 is 18.1. The van der Waals surface area contributed by atoms with Gasteiger partial charge in [0.05, 0.1) is 22.7 Å². The van der Waals surface area contributed by atoms with Crippen molar-refractivity contribution < 1.29 is 13.7 Å². The SMILES string of the molecule is Cc1cc(C(=O)N2CC(Nc3ccc(F)cc3)C2)c2c(C)noc2n1. The Balaban J connectivity index is 1.48. The number of aromatic nitrogens is 2. The Hall–Kier alpha value is -2.96. The molecule has 6 nitrogen and oxygen atoms in total. The smallest absolute Gasteiger partial charge is 0.258 e. The van der Waals surface area contributed by atoms with Gasteiger partial charge >= 0.3 is 0 Å². The number of nitrogens with zero attached hydrogens (tertiary/aromatic N) is 3. The van der Waals surface area contributed by atoms with Gasteiger partial charge < -0.3 is 14.7 Å². The molecule has 25 heavy (non-hydrogen) atoms. The maximum atomic E-state index is 12.9. The van der Waals surface area contributed by atoms with E-state index in [1.807, 2.05) is 6.92 Å². The minimum atomic E-state index is -0.267. The van der Waals surface area contributed by atoms with Crippen molar-refractivity contribution in [2.75, 3.05) is 18.4 Å². The van der Waals surface area contributed by atoms with Crippen LogP contribution in [-0.2, 0) is 0 Å². The topological polar surface area (TPSA) is 71.3 Å². The van der Waals surface area contributed by atoms with Crippen molar-refractivity contribution in [1.82, 2.24) is 15.0 Å². The lowest BCUT2D eigenvalue weighted by atomic mass is 10.0. The molecule has 0 bridgehead atoms. The number of pyridine rings is 1. The molecular weight excluding hydrogens is 323 g/mol. The molecule has 2 aromatic heterocycles. The van der Waals surface area contributed by atoms with Gasteiger partial charge in [0.1, 0.15) is 5.82 Å². The summed E-state index contributed by atoms with van der Waals surface area (Å²) in [5.41, 5.74) is 3.18. The summed E-state index contributed by atoms with van der Waals surface area (Å²) >= 11 is 0. The molecule has 0 aliphatic carbocycles. The first-order valence-corrected chi connectivity index (χ1v) is 8.06. The van der Waals surface area contributed by atoms with Gasteiger partial charge in [0.15, 0.2) is 0 Å². The molecule has 1 aliphatic rings. The highest BCUT2D eigenvalue weighted by Crippen LogP contribution is 2.25. The molecule has 1 fully saturated rings. The molecule has 7 heteroatoms. The number of likely N-dealkylation sites (tertiary alicyclic amines) is 1. The summed E-state index contributed by atoms with van der Waals surface area (Å²) in [5, 5.41) is 7.87. The Morgan fingerprint density at radius 2 is 2.00 bits per heavy atom. The van der Waals surface area contributed by atoms with Gasteiger partial charge in [-0.3, -0.25) is 4.79 Å². The van der Waals surface area contributed by atoms with Crippen molar-refractivity contribution in [3.8, 4) is 0 Å². The second kappa shape index (κ2) is 5.84. The number of amides is 1. The molecular formula is C18H17FN4O2. The van der Waals surface area contributed by atoms with E-state index in [1.54, 1.807) is 30.0 Å². The molecule has 0 radical (unpaired) electrons. The van der Waals surface area contributed by atoms with E-state index in [2.05, 4.69) is 15.5 Å². The lowest BCUT2D eigenvalue weighted by molar-refractivity contribution is 0.0627. The number of hydrogen-bond donors (Lipinski definition) is 1. The van der Waals surface area contributed by atoms with E-state index in [9.17, 15) is 9.18 Å². The first kappa shape index (κ1) is 15.6. The third-order valence-corrected chi connectivity index (χ3v) is 4.36. The molecule has 128 valence electrons. The van der Waals surface area contributed by atoms with Crippen LogP contribution >= 0.6 is 0 Å². The summed E-state index contributed by atoms with van der Waals surface area (Å²) in [6.07, 6.45) is 0. The number of halogens is 1. The molecule has 1 amide bonds. The second-order valence-corrected chi connectivity index (χ2v) is 6.32. The standard InChI is InChI=1S/C18H17FN4O2/c1-10-7-15(16-11(2)22-25-17(16)20-10)18(24)23-8-14(9-23)21-13-5-3-12(19)4-6-13/h3-7,14,21H,8-9H2,1-2H3. The van der Waals surface area contributed by atoms with Crippen LogP contribution in [0.4, 0.5) is 10.1 Å². The molecule has 0 atom stereocenters. The lowest BCUT2D eigenvalue weighted by Crippen LogP contribution is -2.57. The van der Waals surface area contributed by atoms with Crippen LogP contribution in [0, 0.1) is 19.7 Å². The predicted octanol–water partition coefficient (Wildman–Crippen LogP) is 2.92. The second-order valence-electron chi connectivity index (χ2n) is 6.32. The summed E-state index contributed by atoms with van der Waals surface area (Å²) in [5.74, 6) is -0.323. The van der Waals surface area contributed by atoms with E-state index in [-0.39, 0.29) is 17.8 Å². The minimum absolute atomic E-state index is 0.0565. The van der Waals surface area contributed by atoms with Gasteiger partial charge in [-0.25, -0.2) is 9.37 Å². The number of carbonyl (C=O) groups is 1. The molecule has 1 saturated heterocycles. The van der Waals surface area contributed by atoms with Crippen LogP contribution in [-0.4, -0.2) is 40.1 Å². The quantitative estimate of drug-likeness (QED) is 0.794. The van der Waals surface area contributed by atoms with E-state index in [4.69, 9.17) is 4.52 Å². The predicted molar refractivity (Wildman–Crippen MR) is 91.0 cm³/mol. The summed E-state index contributed by atoms with van der Waals surface area (Å²) in [6.45, 7) is 4.80. The largest absolute Gasteiger partial charge is 0.379 e. The fraction of sp³-hybridized carbons (Fsp3) is 0.278. The fourth-order valence-electron chi connectivity index (χ4n) is 3.07. The molecule has 3 aromatic rings. The van der Waals surface area contributed by atoms with E-state index < -0.39 is 0 Å². The first-order chi connectivity index (χ1) is 12.0. The third kappa shape index (κ3) is 2.82. The average molecular weight is 340 g/mol. The van der Waals surface area contributed by atoms with Crippen LogP contribution in [0.15, 0.2) is 34.9 Å². The highest BCUT2D eigenvalue weighted by molar-refractivity contribution is 6.06. The van der Waals surface area contributed by atoms with Crippen molar-refractivity contribution in [2.24, 2.45) is 0 Å². The van der Waals surface area contributed by atoms with Gasteiger partial charge in [-0.15, -0.1) is 0 Å². The molecule has 0 unspecified atom stereocenters. The van der Waals surface area contributed by atoms with Gasteiger partial charge in [0, 0.05) is 24.5 Å². The zero-order chi connectivity index (χ0) is 17.6. The van der Waals surface area contributed by atoms with E-state index in [1.165, 1.54) is 12.1 Å². The van der Waals surface area contributed by atoms with Crippen LogP contribution in [0.3, 0.4) is 0 Å². The molecule has 0 spiro atoms. The van der Waals surface area contributed by atoms with Crippen molar-refractivity contribution >= 4 is 22.7 Å². The highest BCUT2D eigenvalue weighted by atomic mass is 19.1. The van der Waals surface area contributed by atoms with Gasteiger partial charge in [-0.1, -0.05) is 5.16 Å². The monoisotopic (exact) mass is 340 g/mol. The highest BCUT2D eigenvalue weighted by Gasteiger charge is 2.32. The molecule has 3 heterocycles. The van der Waals surface area contributed by atoms with Gasteiger partial charge in [-0.2, -0.15) is 0 Å². The van der Waals surface area contributed by atoms with E-state index in [0.29, 0.717) is 41.1 Å². The van der Waals surface area contributed by atoms with E-state index >= 15 is 0 Å². The summed E-state index contributed by atoms with van der Waals surface area (Å²) in [6, 6.07) is 8.13. The summed E-state index contributed by atoms with van der Waals surface area (Å²) in [7, 11) is 0. The Kier molecular flexibility index (Phi) is 3.63. The van der Waals surface area contributed by atoms with Crippen molar-refractivity contribution in [1.29, 1.82) is 0 Å². The Bertz CT molecular complexity index is 946. The zero-order valence-corrected chi connectivity index (χ0v) is 13.9. The van der Waals surface area contributed by atoms with E-state index in [0.717, 1.165) is 5.69 Å². The number of nitrogens with one attached hydrogen (secondary N) is 1. The number of rotatable bonds is 3. The number of fused-ring (bicyclic) bond motifs is 1. The Morgan fingerprint density at radius 1 is 1.28 bits per heavy atom. The van der Waals surface area contributed by atoms with Gasteiger partial charge in [0.2, 0.25) is 0 Å². The van der Waals surface area contributed by atoms with Gasteiger partial charge in [-0.05, 0) is 44.2 Å². The number of anilines is 1. The average Bonchev–Trinajstić information content (AvgIpc) is 2.92. The van der Waals surface area contributed by atoms with Crippen LogP contribution in [0.1, 0.15) is 21.7 Å². The maximum Gasteiger partial charge on any atom is 0.258 e. The first-order valence-electron chi connectivity index (χ1n) is 8.06. The Labute approximate surface area is 143 Å². The van der Waals surface area contributed by atoms with Crippen LogP contribution in [0.2, 0.25) is 0 Å². The molecule has 1 aromatic carbocycles. The molecule has 1 N–H and O–H groups in total.